The van der Waals surface area contributed by atoms with Crippen LogP contribution in [0.3, 0.4) is 0 Å². The molecule has 4 rings (SSSR count). The lowest BCUT2D eigenvalue weighted by Crippen LogP contribution is -2.31. The number of nitrogens with zero attached hydrogens (tertiary/aromatic N) is 1. The third-order valence-corrected chi connectivity index (χ3v) is 6.21. The van der Waals surface area contributed by atoms with Crippen molar-refractivity contribution in [2.75, 3.05) is 0 Å². The van der Waals surface area contributed by atoms with Gasteiger partial charge in [-0.2, -0.15) is 0 Å². The Balaban J connectivity index is 1.60. The van der Waals surface area contributed by atoms with Crippen molar-refractivity contribution in [3.8, 4) is 11.1 Å². The second-order valence-corrected chi connectivity index (χ2v) is 8.34. The van der Waals surface area contributed by atoms with Gasteiger partial charge in [-0.05, 0) is 30.5 Å². The Morgan fingerprint density at radius 3 is 2.72 bits per heavy atom. The molecule has 2 N–H and O–H groups in total. The second-order valence-electron chi connectivity index (χ2n) is 6.56. The van der Waals surface area contributed by atoms with E-state index in [-0.39, 0.29) is 5.56 Å². The molecule has 0 spiro atoms. The number of hydrogen-bond donors (Lipinski definition) is 2. The maximum atomic E-state index is 12.6. The first-order valence-electron chi connectivity index (χ1n) is 8.70. The van der Waals surface area contributed by atoms with Crippen LogP contribution in [0.25, 0.3) is 21.3 Å². The van der Waals surface area contributed by atoms with E-state index in [4.69, 9.17) is 0 Å². The van der Waals surface area contributed by atoms with Crippen molar-refractivity contribution < 1.29 is 0 Å². The summed E-state index contributed by atoms with van der Waals surface area (Å²) in [6.45, 7) is 0.626. The minimum absolute atomic E-state index is 0.0513. The predicted molar refractivity (Wildman–Crippen MR) is 107 cm³/mol. The minimum Gasteiger partial charge on any atom is -0.309 e. The Labute approximate surface area is 158 Å². The summed E-state index contributed by atoms with van der Waals surface area (Å²) in [6.07, 6.45) is 6.37. The molecule has 1 aliphatic carbocycles. The molecule has 0 aliphatic heterocycles. The normalized spacial score (nSPS) is 15.7. The van der Waals surface area contributed by atoms with Gasteiger partial charge in [-0.15, -0.1) is 11.3 Å². The van der Waals surface area contributed by atoms with Crippen molar-refractivity contribution in [2.24, 2.45) is 0 Å². The van der Waals surface area contributed by atoms with Crippen LogP contribution in [0, 0.1) is 0 Å². The molecule has 6 heteroatoms. The quantitative estimate of drug-likeness (QED) is 0.638. The minimum atomic E-state index is -0.0513. The number of fused-ring (bicyclic) bond motifs is 1. The second kappa shape index (κ2) is 7.40. The summed E-state index contributed by atoms with van der Waals surface area (Å²) in [5, 5.41) is 6.25. The van der Waals surface area contributed by atoms with E-state index >= 15 is 0 Å². The van der Waals surface area contributed by atoms with Crippen LogP contribution < -0.4 is 10.9 Å². The summed E-state index contributed by atoms with van der Waals surface area (Å²) in [7, 11) is 0. The van der Waals surface area contributed by atoms with Crippen molar-refractivity contribution in [3.63, 3.8) is 0 Å². The van der Waals surface area contributed by atoms with E-state index < -0.39 is 0 Å². The van der Waals surface area contributed by atoms with Gasteiger partial charge in [0, 0.05) is 21.5 Å². The van der Waals surface area contributed by atoms with E-state index in [1.54, 1.807) is 0 Å². The highest BCUT2D eigenvalue weighted by molar-refractivity contribution is 9.10. The Morgan fingerprint density at radius 2 is 1.96 bits per heavy atom. The van der Waals surface area contributed by atoms with Crippen molar-refractivity contribution in [2.45, 2.75) is 44.7 Å². The van der Waals surface area contributed by atoms with Crippen molar-refractivity contribution >= 4 is 37.5 Å². The summed E-state index contributed by atoms with van der Waals surface area (Å²) in [4.78, 5) is 21.1. The van der Waals surface area contributed by atoms with E-state index in [1.807, 2.05) is 29.6 Å². The number of aromatic nitrogens is 2. The van der Waals surface area contributed by atoms with Crippen LogP contribution >= 0.6 is 27.3 Å². The molecule has 2 aromatic heterocycles. The van der Waals surface area contributed by atoms with E-state index in [2.05, 4.69) is 31.2 Å². The lowest BCUT2D eigenvalue weighted by Gasteiger charge is -2.22. The fraction of sp³-hybridized carbons (Fsp3) is 0.368. The van der Waals surface area contributed by atoms with Gasteiger partial charge in [0.15, 0.2) is 0 Å². The van der Waals surface area contributed by atoms with Crippen molar-refractivity contribution in [1.29, 1.82) is 0 Å². The van der Waals surface area contributed by atoms with Crippen molar-refractivity contribution in [3.05, 3.63) is 50.3 Å². The maximum Gasteiger partial charge on any atom is 0.260 e. The van der Waals surface area contributed by atoms with Gasteiger partial charge in [0.1, 0.15) is 10.7 Å². The summed E-state index contributed by atoms with van der Waals surface area (Å²) in [5.74, 6) is 0.729. The van der Waals surface area contributed by atoms with Crippen molar-refractivity contribution in [1.82, 2.24) is 15.3 Å². The van der Waals surface area contributed by atoms with Gasteiger partial charge in [0.05, 0.1) is 11.9 Å². The molecule has 0 saturated heterocycles. The van der Waals surface area contributed by atoms with Gasteiger partial charge in [0.25, 0.3) is 5.56 Å². The zero-order chi connectivity index (χ0) is 17.2. The summed E-state index contributed by atoms with van der Waals surface area (Å²) >= 11 is 4.98. The maximum absolute atomic E-state index is 12.6. The predicted octanol–water partition coefficient (Wildman–Crippen LogP) is 4.84. The molecule has 3 aromatic rings. The van der Waals surface area contributed by atoms with Gasteiger partial charge in [-0.25, -0.2) is 4.98 Å². The third kappa shape index (κ3) is 3.71. The molecule has 4 nitrogen and oxygen atoms in total. The van der Waals surface area contributed by atoms with Crippen LogP contribution in [0.4, 0.5) is 0 Å². The molecule has 0 amide bonds. The first-order valence-corrected chi connectivity index (χ1v) is 10.4. The molecule has 0 bridgehead atoms. The van der Waals surface area contributed by atoms with Gasteiger partial charge >= 0.3 is 0 Å². The number of rotatable bonds is 4. The monoisotopic (exact) mass is 417 g/mol. The number of benzene rings is 1. The summed E-state index contributed by atoms with van der Waals surface area (Å²) in [5.41, 5.74) is 1.94. The van der Waals surface area contributed by atoms with E-state index in [0.29, 0.717) is 18.0 Å². The molecule has 1 aromatic carbocycles. The van der Waals surface area contributed by atoms with E-state index in [1.165, 1.54) is 43.4 Å². The third-order valence-electron chi connectivity index (χ3n) is 4.81. The van der Waals surface area contributed by atoms with Crippen LogP contribution in [0.1, 0.15) is 37.9 Å². The molecule has 1 fully saturated rings. The standard InChI is InChI=1S/C19H20BrN3OS/c20-13-8-6-12(7-9-13)15-11-25-19-17(15)18(24)22-16(23-19)10-21-14-4-2-1-3-5-14/h6-9,11,14,21H,1-5,10H2,(H,22,23,24). The molecule has 0 atom stereocenters. The summed E-state index contributed by atoms with van der Waals surface area (Å²) < 4.78 is 1.03. The van der Waals surface area contributed by atoms with Crippen LogP contribution in [-0.4, -0.2) is 16.0 Å². The summed E-state index contributed by atoms with van der Waals surface area (Å²) in [6, 6.07) is 8.57. The molecule has 1 aliphatic rings. The Morgan fingerprint density at radius 1 is 1.20 bits per heavy atom. The fourth-order valence-corrected chi connectivity index (χ4v) is 4.70. The molecular weight excluding hydrogens is 398 g/mol. The van der Waals surface area contributed by atoms with Gasteiger partial charge < -0.3 is 10.3 Å². The average Bonchev–Trinajstić information content (AvgIpc) is 3.06. The number of H-pyrrole nitrogens is 1. The number of hydrogen-bond acceptors (Lipinski definition) is 4. The first kappa shape index (κ1) is 16.9. The zero-order valence-corrected chi connectivity index (χ0v) is 16.3. The molecule has 2 heterocycles. The lowest BCUT2D eigenvalue weighted by molar-refractivity contribution is 0.369. The highest BCUT2D eigenvalue weighted by atomic mass is 79.9. The van der Waals surface area contributed by atoms with Gasteiger partial charge in [-0.3, -0.25) is 4.79 Å². The number of aromatic amines is 1. The first-order chi connectivity index (χ1) is 12.2. The number of halogens is 1. The Bertz CT molecular complexity index is 926. The molecule has 25 heavy (non-hydrogen) atoms. The highest BCUT2D eigenvalue weighted by Gasteiger charge is 2.15. The molecule has 0 unspecified atom stereocenters. The SMILES string of the molecule is O=c1[nH]c(CNC2CCCCC2)nc2scc(-c3ccc(Br)cc3)c12. The molecular formula is C19H20BrN3OS. The van der Waals surface area contributed by atoms with E-state index in [0.717, 1.165) is 26.3 Å². The fourth-order valence-electron chi connectivity index (χ4n) is 3.47. The Kier molecular flexibility index (Phi) is 5.01. The topological polar surface area (TPSA) is 57.8 Å². The molecule has 130 valence electrons. The number of thiophene rings is 1. The van der Waals surface area contributed by atoms with Crippen LogP contribution in [-0.2, 0) is 6.54 Å². The van der Waals surface area contributed by atoms with E-state index in [9.17, 15) is 4.79 Å². The average molecular weight is 418 g/mol. The molecule has 1 saturated carbocycles. The Hall–Kier alpha value is -1.50. The largest absolute Gasteiger partial charge is 0.309 e. The zero-order valence-electron chi connectivity index (χ0n) is 13.8. The van der Waals surface area contributed by atoms with Crippen LogP contribution in [0.2, 0.25) is 0 Å². The van der Waals surface area contributed by atoms with Crippen LogP contribution in [0.15, 0.2) is 38.9 Å². The van der Waals surface area contributed by atoms with Crippen LogP contribution in [0.5, 0.6) is 0 Å². The molecule has 0 radical (unpaired) electrons. The smallest absolute Gasteiger partial charge is 0.260 e. The highest BCUT2D eigenvalue weighted by Crippen LogP contribution is 2.31. The van der Waals surface area contributed by atoms with Gasteiger partial charge in [0.2, 0.25) is 0 Å². The lowest BCUT2D eigenvalue weighted by atomic mass is 9.95. The number of nitrogens with one attached hydrogen (secondary N) is 2. The van der Waals surface area contributed by atoms with Gasteiger partial charge in [-0.1, -0.05) is 47.3 Å².